The highest BCUT2D eigenvalue weighted by Gasteiger charge is 2.21. The van der Waals surface area contributed by atoms with Gasteiger partial charge in [0.2, 0.25) is 0 Å². The summed E-state index contributed by atoms with van der Waals surface area (Å²) in [7, 11) is 1.61. The lowest BCUT2D eigenvalue weighted by atomic mass is 9.97. The summed E-state index contributed by atoms with van der Waals surface area (Å²) in [4.78, 5) is 19.9. The molecule has 0 bridgehead atoms. The molecule has 4 aromatic rings. The van der Waals surface area contributed by atoms with Crippen LogP contribution in [0.25, 0.3) is 22.4 Å². The van der Waals surface area contributed by atoms with E-state index in [4.69, 9.17) is 9.72 Å². The summed E-state index contributed by atoms with van der Waals surface area (Å²) in [5, 5.41) is 22.1. The Hall–Kier alpha value is -4.22. The van der Waals surface area contributed by atoms with Crippen molar-refractivity contribution >= 4 is 17.4 Å². The quantitative estimate of drug-likeness (QED) is 0.258. The minimum absolute atomic E-state index is 0.139. The monoisotopic (exact) mass is 454 g/mol. The van der Waals surface area contributed by atoms with Crippen LogP contribution in [0.2, 0.25) is 0 Å². The van der Waals surface area contributed by atoms with Crippen molar-refractivity contribution in [3.05, 3.63) is 94.2 Å². The van der Waals surface area contributed by atoms with Crippen LogP contribution in [0.15, 0.2) is 83.0 Å². The summed E-state index contributed by atoms with van der Waals surface area (Å²) >= 11 is 1.01. The molecule has 0 unspecified atom stereocenters. The van der Waals surface area contributed by atoms with Gasteiger partial charge in [-0.05, 0) is 54.1 Å². The fourth-order valence-corrected chi connectivity index (χ4v) is 4.37. The number of pyridine rings is 2. The summed E-state index contributed by atoms with van der Waals surface area (Å²) in [5.74, 6) is 0.744. The van der Waals surface area contributed by atoms with Crippen molar-refractivity contribution in [3.63, 3.8) is 0 Å². The first-order valence-corrected chi connectivity index (χ1v) is 10.8. The third-order valence-corrected chi connectivity index (χ3v) is 6.01. The van der Waals surface area contributed by atoms with Crippen molar-refractivity contribution in [2.75, 3.05) is 7.11 Å². The molecule has 0 atom stereocenters. The van der Waals surface area contributed by atoms with Gasteiger partial charge in [0.1, 0.15) is 16.8 Å². The van der Waals surface area contributed by atoms with E-state index in [-0.39, 0.29) is 10.7 Å². The molecule has 2 aromatic heterocycles. The molecule has 7 nitrogen and oxygen atoms in total. The molecular weight excluding hydrogens is 436 g/mol. The van der Waals surface area contributed by atoms with E-state index >= 15 is 0 Å². The lowest BCUT2D eigenvalue weighted by Gasteiger charge is -2.14. The molecule has 0 saturated heterocycles. The Labute approximate surface area is 194 Å². The van der Waals surface area contributed by atoms with E-state index in [1.807, 2.05) is 61.5 Å². The van der Waals surface area contributed by atoms with Crippen molar-refractivity contribution in [1.29, 1.82) is 5.26 Å². The molecule has 4 rings (SSSR count). The third-order valence-electron chi connectivity index (χ3n) is 5.01. The molecule has 0 aliphatic rings. The first-order chi connectivity index (χ1) is 16.0. The van der Waals surface area contributed by atoms with Crippen molar-refractivity contribution in [1.82, 2.24) is 9.97 Å². The Bertz CT molecular complexity index is 1380. The summed E-state index contributed by atoms with van der Waals surface area (Å²) in [5.41, 5.74) is 4.13. The molecule has 0 aliphatic heterocycles. The van der Waals surface area contributed by atoms with Gasteiger partial charge in [0, 0.05) is 23.4 Å². The zero-order valence-electron chi connectivity index (χ0n) is 17.9. The number of rotatable bonds is 6. The van der Waals surface area contributed by atoms with Gasteiger partial charge in [-0.25, -0.2) is 9.97 Å². The van der Waals surface area contributed by atoms with Crippen LogP contribution in [-0.4, -0.2) is 22.0 Å². The average molecular weight is 455 g/mol. The zero-order valence-corrected chi connectivity index (χ0v) is 18.7. The average Bonchev–Trinajstić information content (AvgIpc) is 2.84. The van der Waals surface area contributed by atoms with Gasteiger partial charge in [-0.1, -0.05) is 36.4 Å². The third kappa shape index (κ3) is 4.54. The fourth-order valence-electron chi connectivity index (χ4n) is 3.43. The number of benzene rings is 2. The maximum atomic E-state index is 11.5. The van der Waals surface area contributed by atoms with E-state index in [1.54, 1.807) is 7.11 Å². The summed E-state index contributed by atoms with van der Waals surface area (Å²) in [6.07, 6.45) is 1.48. The number of methoxy groups -OCH3 is 1. The standard InChI is InChI=1S/C25H18N4O3S/c1-16-13-18(10-11-23(16)32-2)19-14-21(17-7-4-3-5-8-17)28-24(20(19)15-26)33-25-22(29(30)31)9-6-12-27-25/h3-14H,1-2H3. The summed E-state index contributed by atoms with van der Waals surface area (Å²) < 4.78 is 5.37. The SMILES string of the molecule is COc1ccc(-c2cc(-c3ccccc3)nc(Sc3ncccc3[N+](=O)[O-])c2C#N)cc1C. The van der Waals surface area contributed by atoms with Crippen LogP contribution >= 0.6 is 11.8 Å². The highest BCUT2D eigenvalue weighted by Crippen LogP contribution is 2.39. The molecule has 2 aromatic carbocycles. The first-order valence-electron chi connectivity index (χ1n) is 9.94. The van der Waals surface area contributed by atoms with Crippen LogP contribution in [0.5, 0.6) is 5.75 Å². The Morgan fingerprint density at radius 3 is 2.48 bits per heavy atom. The molecule has 0 amide bonds. The van der Waals surface area contributed by atoms with Gasteiger partial charge in [0.05, 0.1) is 23.3 Å². The van der Waals surface area contributed by atoms with Crippen LogP contribution < -0.4 is 4.74 Å². The van der Waals surface area contributed by atoms with Crippen molar-refractivity contribution < 1.29 is 9.66 Å². The number of hydrogen-bond acceptors (Lipinski definition) is 7. The number of aryl methyl sites for hydroxylation is 1. The van der Waals surface area contributed by atoms with E-state index in [1.165, 1.54) is 18.3 Å². The molecule has 0 radical (unpaired) electrons. The van der Waals surface area contributed by atoms with Gasteiger partial charge >= 0.3 is 5.69 Å². The normalized spacial score (nSPS) is 10.5. The van der Waals surface area contributed by atoms with E-state index < -0.39 is 4.92 Å². The Balaban J connectivity index is 1.94. The Morgan fingerprint density at radius 1 is 1.03 bits per heavy atom. The summed E-state index contributed by atoms with van der Waals surface area (Å²) in [6.45, 7) is 1.93. The molecule has 8 heteroatoms. The Kier molecular flexibility index (Phi) is 6.33. The highest BCUT2D eigenvalue weighted by atomic mass is 32.2. The number of nitriles is 1. The molecule has 0 fully saturated rings. The predicted molar refractivity (Wildman–Crippen MR) is 126 cm³/mol. The number of nitro groups is 1. The fraction of sp³-hybridized carbons (Fsp3) is 0.0800. The van der Waals surface area contributed by atoms with Crippen LogP contribution in [0.1, 0.15) is 11.1 Å². The van der Waals surface area contributed by atoms with E-state index in [2.05, 4.69) is 11.1 Å². The van der Waals surface area contributed by atoms with Crippen molar-refractivity contribution in [2.45, 2.75) is 17.0 Å². The molecule has 0 saturated carbocycles. The largest absolute Gasteiger partial charge is 0.496 e. The summed E-state index contributed by atoms with van der Waals surface area (Å²) in [6, 6.07) is 22.3. The highest BCUT2D eigenvalue weighted by molar-refractivity contribution is 7.99. The van der Waals surface area contributed by atoms with Gasteiger partial charge in [-0.15, -0.1) is 0 Å². The molecule has 33 heavy (non-hydrogen) atoms. The second kappa shape index (κ2) is 9.51. The first kappa shape index (κ1) is 22.0. The van der Waals surface area contributed by atoms with Gasteiger partial charge in [-0.3, -0.25) is 10.1 Å². The second-order valence-corrected chi connectivity index (χ2v) is 8.06. The lowest BCUT2D eigenvalue weighted by molar-refractivity contribution is -0.388. The minimum Gasteiger partial charge on any atom is -0.496 e. The number of ether oxygens (including phenoxy) is 1. The molecule has 0 aliphatic carbocycles. The molecule has 2 heterocycles. The number of aromatic nitrogens is 2. The maximum absolute atomic E-state index is 11.5. The second-order valence-electron chi connectivity index (χ2n) is 7.08. The van der Waals surface area contributed by atoms with E-state index in [9.17, 15) is 15.4 Å². The zero-order chi connectivity index (χ0) is 23.4. The van der Waals surface area contributed by atoms with Crippen LogP contribution in [0.4, 0.5) is 5.69 Å². The predicted octanol–water partition coefficient (Wildman–Crippen LogP) is 6.06. The van der Waals surface area contributed by atoms with Gasteiger partial charge < -0.3 is 4.74 Å². The maximum Gasteiger partial charge on any atom is 0.301 e. The Morgan fingerprint density at radius 2 is 1.82 bits per heavy atom. The van der Waals surface area contributed by atoms with Gasteiger partial charge in [-0.2, -0.15) is 5.26 Å². The molecular formula is C25H18N4O3S. The van der Waals surface area contributed by atoms with Crippen LogP contribution in [0, 0.1) is 28.4 Å². The lowest BCUT2D eigenvalue weighted by Crippen LogP contribution is -1.98. The smallest absolute Gasteiger partial charge is 0.301 e. The van der Waals surface area contributed by atoms with Crippen molar-refractivity contribution in [2.24, 2.45) is 0 Å². The van der Waals surface area contributed by atoms with Gasteiger partial charge in [0.25, 0.3) is 0 Å². The van der Waals surface area contributed by atoms with E-state index in [0.717, 1.165) is 34.2 Å². The number of hydrogen-bond donors (Lipinski definition) is 0. The molecule has 0 N–H and O–H groups in total. The molecule has 162 valence electrons. The van der Waals surface area contributed by atoms with Crippen LogP contribution in [-0.2, 0) is 0 Å². The van der Waals surface area contributed by atoms with Crippen molar-refractivity contribution in [3.8, 4) is 34.2 Å². The topological polar surface area (TPSA) is 102 Å². The number of nitrogens with zero attached hydrogens (tertiary/aromatic N) is 4. The molecule has 0 spiro atoms. The van der Waals surface area contributed by atoms with Gasteiger partial charge in [0.15, 0.2) is 5.03 Å². The van der Waals surface area contributed by atoms with E-state index in [0.29, 0.717) is 21.8 Å². The minimum atomic E-state index is -0.490. The van der Waals surface area contributed by atoms with Crippen LogP contribution in [0.3, 0.4) is 0 Å².